The van der Waals surface area contributed by atoms with Gasteiger partial charge in [0.2, 0.25) is 37.5 Å². The zero-order chi connectivity index (χ0) is 82.0. The number of phenolic OH excluding ortho intramolecular Hbond substituents is 2. The Hall–Kier alpha value is -12.0. The fourth-order valence-electron chi connectivity index (χ4n) is 7.40. The largest absolute Gasteiger partial charge is 3.00 e. The average molecular weight is 1800 g/mol. The van der Waals surface area contributed by atoms with Crippen LogP contribution in [0, 0.1) is 90.3 Å². The monoisotopic (exact) mass is 1800 g/mol. The van der Waals surface area contributed by atoms with Crippen LogP contribution in [0.4, 0.5) is 0 Å². The molecule has 0 aliphatic carbocycles. The van der Waals surface area contributed by atoms with Gasteiger partial charge in [0, 0.05) is 78.6 Å². The molecule has 6 amide bonds. The number of hydrogen-bond donors (Lipinski definition) is 4. The first-order valence-corrected chi connectivity index (χ1v) is 32.7. The number of hydrogen-bond acceptors (Lipinski definition) is 18. The van der Waals surface area contributed by atoms with E-state index in [1.165, 1.54) is 54.8 Å². The molecule has 4 N–H and O–H groups in total. The summed E-state index contributed by atoms with van der Waals surface area (Å²) in [6.07, 6.45) is 7.52. The van der Waals surface area contributed by atoms with Gasteiger partial charge in [0.05, 0.1) is 11.1 Å². The number of rotatable bonds is 18. The third kappa shape index (κ3) is 45.8. The van der Waals surface area contributed by atoms with Gasteiger partial charge in [0.25, 0.3) is 0 Å². The fraction of sp³-hybridized carbons (Fsp3) is 0.0930. The van der Waals surface area contributed by atoms with Crippen LogP contribution in [0.1, 0.15) is 84.4 Å². The molecule has 0 aliphatic heterocycles. The Labute approximate surface area is 715 Å². The van der Waals surface area contributed by atoms with E-state index in [4.69, 9.17) is 10.2 Å². The fourth-order valence-corrected chi connectivity index (χ4v) is 7.40. The summed E-state index contributed by atoms with van der Waals surface area (Å²) in [4.78, 5) is 112. The predicted molar refractivity (Wildman–Crippen MR) is 418 cm³/mol. The number of allylic oxidation sites excluding steroid dienone is 4. The topological polar surface area (TPSA) is 387 Å². The SMILES string of the molecule is CN(C)C=O.CN(C)C=O.CN(C)C=O.CN(C)C=O.O=C(/C=C(\[O-])c1ccccc1)c1ccccc1.O=C(/C=C(\[O-])c1ccccc1)c1ccccc1.O=C(/C=C(\[O-])c1ccccc1)c1ccccc1.O=C(/C=C(\[O-])c1ccccc1)c1ccccc1.O=C(N[O-])c1ccccc1O.O=C(N[O-])c1ccccc1O.[Gd+3].[Gd+3]. The van der Waals surface area contributed by atoms with Gasteiger partial charge in [-0.3, -0.25) is 47.9 Å². The Morgan fingerprint density at radius 1 is 0.259 bits per heavy atom. The van der Waals surface area contributed by atoms with Crippen LogP contribution >= 0.6 is 0 Å². The van der Waals surface area contributed by atoms with Crippen LogP contribution in [0.25, 0.3) is 23.0 Å². The van der Waals surface area contributed by atoms with Crippen LogP contribution in [0.5, 0.6) is 11.5 Å². The van der Waals surface area contributed by atoms with Gasteiger partial charge in [-0.1, -0.05) is 290 Å². The standard InChI is InChI=1S/4C15H12O2.2C7H6NO3.4C3H7NO.2Gd/c4*16-14(12-7-3-1-4-8-12)11-15(17)13-9-5-2-6-10-13;2*9-6-4-2-1-3-5(6)7(10)8-11;4*1-4(2)3-5;;/h4*1-11,16H;2*1-4H,(H2-,8,9,10,11);4*3H,1-2H3;;/q;;;;2*-1;;;;;2*+3/p-4/b4*14-11-;;;;;;;;. The molecule has 10 aromatic carbocycles. The number of nitrogens with zero attached hydrogens (tertiary/aromatic N) is 4. The van der Waals surface area contributed by atoms with Gasteiger partial charge in [-0.25, -0.2) is 0 Å². The van der Waals surface area contributed by atoms with Gasteiger partial charge in [0.1, 0.15) is 11.5 Å². The molecule has 0 unspecified atom stereocenters. The van der Waals surface area contributed by atoms with Crippen molar-refractivity contribution in [3.05, 3.63) is 382 Å². The molecule has 0 aromatic heterocycles. The Morgan fingerprint density at radius 3 is 0.527 bits per heavy atom. The van der Waals surface area contributed by atoms with Crippen molar-refractivity contribution in [3.8, 4) is 11.5 Å². The first-order chi connectivity index (χ1) is 52.7. The maximum absolute atomic E-state index is 11.8. The van der Waals surface area contributed by atoms with E-state index in [2.05, 4.69) is 0 Å². The van der Waals surface area contributed by atoms with Crippen molar-refractivity contribution in [2.45, 2.75) is 0 Å². The van der Waals surface area contributed by atoms with E-state index >= 15 is 0 Å². The van der Waals surface area contributed by atoms with Crippen LogP contribution in [0.2, 0.25) is 0 Å². The van der Waals surface area contributed by atoms with E-state index in [-0.39, 0.29) is 149 Å². The molecular weight excluding hydrogens is 1720 g/mol. The van der Waals surface area contributed by atoms with E-state index in [1.807, 2.05) is 48.5 Å². The van der Waals surface area contributed by atoms with Crippen molar-refractivity contribution < 1.29 is 158 Å². The van der Waals surface area contributed by atoms with Gasteiger partial charge in [0.15, 0.2) is 23.1 Å². The normalized spacial score (nSPS) is 9.80. The van der Waals surface area contributed by atoms with Crippen LogP contribution in [-0.2, 0) is 19.2 Å². The molecular formula is C86H84Gd2N6O18. The van der Waals surface area contributed by atoms with Crippen LogP contribution < -0.4 is 31.4 Å². The van der Waals surface area contributed by atoms with Gasteiger partial charge < -0.3 is 71.6 Å². The molecule has 0 spiro atoms. The molecule has 10 rings (SSSR count). The zero-order valence-electron chi connectivity index (χ0n) is 62.3. The second-order valence-electron chi connectivity index (χ2n) is 22.6. The summed E-state index contributed by atoms with van der Waals surface area (Å²) in [7, 11) is 13.5. The van der Waals surface area contributed by atoms with Crippen molar-refractivity contribution in [1.29, 1.82) is 0 Å². The van der Waals surface area contributed by atoms with E-state index < -0.39 is 11.8 Å². The molecule has 2 radical (unpaired) electrons. The number of carbonyl (C=O) groups is 10. The third-order valence-corrected chi connectivity index (χ3v) is 12.8. The Bertz CT molecular complexity index is 3970. The smallest absolute Gasteiger partial charge is 0.872 e. The molecule has 24 nitrogen and oxygen atoms in total. The van der Waals surface area contributed by atoms with E-state index in [0.717, 1.165) is 49.9 Å². The minimum absolute atomic E-state index is 0. The summed E-state index contributed by atoms with van der Waals surface area (Å²) in [5.41, 5.74) is 6.52. The first kappa shape index (κ1) is 102. The molecule has 0 heterocycles. The number of para-hydroxylation sites is 2. The number of hydroxylamine groups is 2. The molecule has 0 bridgehead atoms. The summed E-state index contributed by atoms with van der Waals surface area (Å²) in [6, 6.07) is 81.7. The Kier molecular flexibility index (Phi) is 56.4. The molecule has 0 atom stereocenters. The Balaban J connectivity index is 0. The van der Waals surface area contributed by atoms with Crippen LogP contribution in [-0.4, -0.2) is 147 Å². The predicted octanol–water partition coefficient (Wildman–Crippen LogP) is 9.14. The number of benzene rings is 10. The summed E-state index contributed by atoms with van der Waals surface area (Å²) >= 11 is 0. The quantitative estimate of drug-likeness (QED) is 0.0204. The molecule has 10 aromatic rings. The van der Waals surface area contributed by atoms with E-state index in [1.54, 1.807) is 275 Å². The molecule has 26 heteroatoms. The van der Waals surface area contributed by atoms with Crippen molar-refractivity contribution in [3.63, 3.8) is 0 Å². The molecule has 582 valence electrons. The van der Waals surface area contributed by atoms with Gasteiger partial charge >= 0.3 is 79.9 Å². The second kappa shape index (κ2) is 61.9. The molecule has 0 aliphatic rings. The number of phenols is 2. The number of nitrogens with one attached hydrogen (secondary N) is 2. The van der Waals surface area contributed by atoms with Gasteiger partial charge in [-0.2, -0.15) is 0 Å². The maximum Gasteiger partial charge on any atom is 3.00 e. The van der Waals surface area contributed by atoms with Gasteiger partial charge in [-0.05, 0) is 70.8 Å². The third-order valence-electron chi connectivity index (χ3n) is 12.8. The van der Waals surface area contributed by atoms with Gasteiger partial charge in [-0.15, -0.1) is 0 Å². The van der Waals surface area contributed by atoms with E-state index in [9.17, 15) is 78.8 Å². The molecule has 112 heavy (non-hydrogen) atoms. The van der Waals surface area contributed by atoms with Crippen LogP contribution in [0.3, 0.4) is 0 Å². The number of ketones is 4. The van der Waals surface area contributed by atoms with E-state index in [0.29, 0.717) is 44.5 Å². The summed E-state index contributed by atoms with van der Waals surface area (Å²) in [5.74, 6) is -4.16. The summed E-state index contributed by atoms with van der Waals surface area (Å²) in [5, 5.41) is 84.8. The van der Waals surface area contributed by atoms with Crippen molar-refractivity contribution in [2.24, 2.45) is 0 Å². The number of amides is 6. The zero-order valence-corrected chi connectivity index (χ0v) is 66.8. The number of carbonyl (C=O) groups excluding carboxylic acids is 10. The van der Waals surface area contributed by atoms with Crippen molar-refractivity contribution in [1.82, 2.24) is 30.6 Å². The van der Waals surface area contributed by atoms with Crippen molar-refractivity contribution in [2.75, 3.05) is 56.4 Å². The first-order valence-electron chi connectivity index (χ1n) is 32.7. The minimum atomic E-state index is -0.830. The van der Waals surface area contributed by atoms with Crippen molar-refractivity contribution >= 4 is 83.6 Å². The summed E-state index contributed by atoms with van der Waals surface area (Å²) < 4.78 is 0. The molecule has 0 fully saturated rings. The molecule has 0 saturated carbocycles. The second-order valence-corrected chi connectivity index (χ2v) is 22.6. The molecule has 0 saturated heterocycles. The maximum atomic E-state index is 11.8. The number of aromatic hydroxyl groups is 2. The average Bonchev–Trinajstić information content (AvgIpc) is 0.904. The Morgan fingerprint density at radius 2 is 0.393 bits per heavy atom. The minimum Gasteiger partial charge on any atom is -0.872 e. The van der Waals surface area contributed by atoms with Crippen LogP contribution in [0.15, 0.2) is 315 Å². The summed E-state index contributed by atoms with van der Waals surface area (Å²) in [6.45, 7) is 0.